The van der Waals surface area contributed by atoms with E-state index in [2.05, 4.69) is 4.98 Å². The molecule has 1 aliphatic heterocycles. The maximum absolute atomic E-state index is 11.6. The average molecular weight is 240 g/mol. The molecule has 17 heavy (non-hydrogen) atoms. The molecule has 0 spiro atoms. The van der Waals surface area contributed by atoms with Crippen LogP contribution in [-0.2, 0) is 4.74 Å². The number of hydrogen-bond acceptors (Lipinski definition) is 5. The van der Waals surface area contributed by atoms with E-state index in [0.29, 0.717) is 5.46 Å². The Morgan fingerprint density at radius 1 is 1.59 bits per heavy atom. The van der Waals surface area contributed by atoms with Gasteiger partial charge in [-0.2, -0.15) is 0 Å². The number of nitrogens with zero attached hydrogens (tertiary/aromatic N) is 1. The normalized spacial score (nSPS) is 28.5. The molecule has 3 N–H and O–H groups in total. The van der Waals surface area contributed by atoms with Crippen molar-refractivity contribution >= 4 is 13.3 Å². The van der Waals surface area contributed by atoms with Gasteiger partial charge in [0, 0.05) is 12.6 Å². The molecule has 0 saturated carbocycles. The topological polar surface area (TPSA) is 105 Å². The molecule has 0 aliphatic carbocycles. The molecule has 0 aromatic carbocycles. The van der Waals surface area contributed by atoms with Crippen molar-refractivity contribution < 1.29 is 14.9 Å². The first-order valence-corrected chi connectivity index (χ1v) is 5.29. The molecule has 3 atom stereocenters. The van der Waals surface area contributed by atoms with E-state index in [9.17, 15) is 14.7 Å². The number of hydrogen-bond donors (Lipinski definition) is 3. The van der Waals surface area contributed by atoms with Crippen molar-refractivity contribution in [2.75, 3.05) is 6.61 Å². The van der Waals surface area contributed by atoms with Gasteiger partial charge in [0.2, 0.25) is 5.56 Å². The third-order valence-electron chi connectivity index (χ3n) is 2.84. The van der Waals surface area contributed by atoms with E-state index in [0.717, 1.165) is 0 Å². The predicted octanol–water partition coefficient (Wildman–Crippen LogP) is -3.56. The number of aromatic nitrogens is 2. The van der Waals surface area contributed by atoms with Crippen LogP contribution >= 0.6 is 0 Å². The zero-order chi connectivity index (χ0) is 12.6. The predicted molar refractivity (Wildman–Crippen MR) is 61.1 cm³/mol. The van der Waals surface area contributed by atoms with E-state index >= 15 is 0 Å². The van der Waals surface area contributed by atoms with Crippen LogP contribution in [0.25, 0.3) is 0 Å². The smallest absolute Gasteiger partial charge is 0.330 e. The van der Waals surface area contributed by atoms with Crippen LogP contribution in [0.2, 0.25) is 0 Å². The lowest BCUT2D eigenvalue weighted by atomic mass is 10.0. The highest BCUT2D eigenvalue weighted by atomic mass is 16.5. The van der Waals surface area contributed by atoms with Crippen molar-refractivity contribution in [2.45, 2.75) is 24.9 Å². The van der Waals surface area contributed by atoms with E-state index in [-0.39, 0.29) is 13.0 Å². The van der Waals surface area contributed by atoms with Crippen LogP contribution in [0.1, 0.15) is 12.6 Å². The second kappa shape index (κ2) is 4.48. The number of ether oxygens (including phenoxy) is 1. The maximum Gasteiger partial charge on any atom is 0.330 e. The van der Waals surface area contributed by atoms with Crippen LogP contribution in [0.15, 0.2) is 15.8 Å². The van der Waals surface area contributed by atoms with E-state index in [1.807, 2.05) is 0 Å². The molecular weight excluding hydrogens is 227 g/mol. The van der Waals surface area contributed by atoms with Crippen LogP contribution in [0.5, 0.6) is 0 Å². The molecule has 1 fully saturated rings. The molecule has 0 radical (unpaired) electrons. The average Bonchev–Trinajstić information content (AvgIpc) is 2.65. The van der Waals surface area contributed by atoms with Crippen LogP contribution in [0.4, 0.5) is 0 Å². The molecule has 2 heterocycles. The number of aromatic amines is 1. The Hall–Kier alpha value is -1.38. The lowest BCUT2D eigenvalue weighted by Crippen LogP contribution is -2.41. The standard InChI is InChI=1S/C9H13BN2O5/c10-4-2-12(9(16)11-8(4)15)7-1-5(14)6(3-13)17-7/h2,5-7,13-14H,1,3,10H2,(H,11,15,16)/t5-,6?,7-/m1/s1. The van der Waals surface area contributed by atoms with Gasteiger partial charge in [-0.1, -0.05) is 0 Å². The van der Waals surface area contributed by atoms with E-state index in [1.54, 1.807) is 7.85 Å². The van der Waals surface area contributed by atoms with Gasteiger partial charge in [0.1, 0.15) is 20.2 Å². The van der Waals surface area contributed by atoms with Gasteiger partial charge < -0.3 is 14.9 Å². The van der Waals surface area contributed by atoms with Crippen LogP contribution in [0.3, 0.4) is 0 Å². The highest BCUT2D eigenvalue weighted by Gasteiger charge is 2.34. The summed E-state index contributed by atoms with van der Waals surface area (Å²) in [5, 5.41) is 18.5. The molecule has 7 nitrogen and oxygen atoms in total. The van der Waals surface area contributed by atoms with Gasteiger partial charge in [-0.15, -0.1) is 0 Å². The minimum Gasteiger partial charge on any atom is -0.394 e. The second-order valence-corrected chi connectivity index (χ2v) is 4.09. The first kappa shape index (κ1) is 12.1. The molecule has 1 aromatic heterocycles. The SMILES string of the molecule is Bc1cn([C@H]2C[C@@H](O)C(CO)O2)c(=O)[nH]c1=O. The summed E-state index contributed by atoms with van der Waals surface area (Å²) in [5.41, 5.74) is -0.643. The number of nitrogens with one attached hydrogen (secondary N) is 1. The molecule has 2 rings (SSSR count). The van der Waals surface area contributed by atoms with Gasteiger partial charge >= 0.3 is 5.69 Å². The molecule has 1 aliphatic rings. The van der Waals surface area contributed by atoms with Gasteiger partial charge in [-0.25, -0.2) is 4.79 Å². The second-order valence-electron chi connectivity index (χ2n) is 4.09. The van der Waals surface area contributed by atoms with Crippen molar-refractivity contribution in [1.29, 1.82) is 0 Å². The van der Waals surface area contributed by atoms with E-state index < -0.39 is 29.7 Å². The first-order chi connectivity index (χ1) is 8.02. The number of H-pyrrole nitrogens is 1. The molecule has 92 valence electrons. The molecule has 0 amide bonds. The third-order valence-corrected chi connectivity index (χ3v) is 2.84. The Morgan fingerprint density at radius 3 is 2.88 bits per heavy atom. The van der Waals surface area contributed by atoms with Gasteiger partial charge in [0.25, 0.3) is 0 Å². The molecule has 0 bridgehead atoms. The summed E-state index contributed by atoms with van der Waals surface area (Å²) < 4.78 is 6.54. The summed E-state index contributed by atoms with van der Waals surface area (Å²) in [4.78, 5) is 24.9. The summed E-state index contributed by atoms with van der Waals surface area (Å²) in [6.45, 7) is -0.311. The quantitative estimate of drug-likeness (QED) is 0.464. The maximum atomic E-state index is 11.6. The summed E-state index contributed by atoms with van der Waals surface area (Å²) in [5.74, 6) is 0. The summed E-state index contributed by atoms with van der Waals surface area (Å²) in [6, 6.07) is 0. The molecule has 1 saturated heterocycles. The number of rotatable bonds is 2. The van der Waals surface area contributed by atoms with Crippen LogP contribution < -0.4 is 16.7 Å². The molecular formula is C9H13BN2O5. The van der Waals surface area contributed by atoms with Crippen LogP contribution in [0, 0.1) is 0 Å². The number of aliphatic hydroxyl groups is 2. The highest BCUT2D eigenvalue weighted by Crippen LogP contribution is 2.26. The van der Waals surface area contributed by atoms with Gasteiger partial charge in [-0.3, -0.25) is 14.3 Å². The lowest BCUT2D eigenvalue weighted by molar-refractivity contribution is -0.0458. The summed E-state index contributed by atoms with van der Waals surface area (Å²) >= 11 is 0. The summed E-state index contributed by atoms with van der Waals surface area (Å²) in [6.07, 6.45) is -0.581. The monoisotopic (exact) mass is 240 g/mol. The zero-order valence-corrected chi connectivity index (χ0v) is 9.29. The summed E-state index contributed by atoms with van der Waals surface area (Å²) in [7, 11) is 1.57. The van der Waals surface area contributed by atoms with Crippen molar-refractivity contribution in [2.24, 2.45) is 0 Å². The fourth-order valence-corrected chi connectivity index (χ4v) is 1.85. The van der Waals surface area contributed by atoms with Crippen molar-refractivity contribution in [3.05, 3.63) is 27.0 Å². The van der Waals surface area contributed by atoms with Gasteiger partial charge in [0.05, 0.1) is 12.7 Å². The number of aliphatic hydroxyl groups excluding tert-OH is 2. The van der Waals surface area contributed by atoms with Crippen molar-refractivity contribution in [3.63, 3.8) is 0 Å². The fourth-order valence-electron chi connectivity index (χ4n) is 1.85. The van der Waals surface area contributed by atoms with Crippen molar-refractivity contribution in [1.82, 2.24) is 9.55 Å². The Kier molecular flexibility index (Phi) is 3.18. The fraction of sp³-hybridized carbons (Fsp3) is 0.556. The molecule has 1 unspecified atom stereocenters. The zero-order valence-electron chi connectivity index (χ0n) is 9.29. The minimum atomic E-state index is -0.816. The highest BCUT2D eigenvalue weighted by molar-refractivity contribution is 6.31. The lowest BCUT2D eigenvalue weighted by Gasteiger charge is -2.14. The van der Waals surface area contributed by atoms with E-state index in [4.69, 9.17) is 9.84 Å². The van der Waals surface area contributed by atoms with E-state index in [1.165, 1.54) is 10.8 Å². The minimum absolute atomic E-state index is 0.205. The molecule has 1 aromatic rings. The van der Waals surface area contributed by atoms with Crippen LogP contribution in [-0.4, -0.2) is 46.4 Å². The van der Waals surface area contributed by atoms with Crippen molar-refractivity contribution in [3.8, 4) is 0 Å². The van der Waals surface area contributed by atoms with Gasteiger partial charge in [0.15, 0.2) is 0 Å². The first-order valence-electron chi connectivity index (χ1n) is 5.29. The Labute approximate surface area is 97.1 Å². The molecule has 8 heteroatoms. The Balaban J connectivity index is 2.34. The third kappa shape index (κ3) is 2.19. The van der Waals surface area contributed by atoms with Gasteiger partial charge in [-0.05, 0) is 5.46 Å². The Bertz CT molecular complexity index is 525. The largest absolute Gasteiger partial charge is 0.394 e. The Morgan fingerprint density at radius 2 is 2.29 bits per heavy atom.